The summed E-state index contributed by atoms with van der Waals surface area (Å²) in [6.07, 6.45) is -0.355. The van der Waals surface area contributed by atoms with Crippen molar-refractivity contribution in [3.8, 4) is 0 Å². The number of carboxylic acid groups (broad SMARTS) is 1. The fraction of sp³-hybridized carbons (Fsp3) is 0.364. The van der Waals surface area contributed by atoms with Crippen LogP contribution in [0.15, 0.2) is 54.6 Å². The maximum absolute atomic E-state index is 12.8. The van der Waals surface area contributed by atoms with E-state index in [1.807, 2.05) is 44.2 Å². The Hall–Kier alpha value is -2.62. The zero-order chi connectivity index (χ0) is 19.3. The number of esters is 1. The van der Waals surface area contributed by atoms with Gasteiger partial charge in [0.2, 0.25) is 0 Å². The van der Waals surface area contributed by atoms with Crippen molar-refractivity contribution in [3.05, 3.63) is 71.3 Å². The van der Waals surface area contributed by atoms with Crippen molar-refractivity contribution in [1.82, 2.24) is 0 Å². The molecular formula is C22H26O4. The van der Waals surface area contributed by atoms with E-state index in [0.717, 1.165) is 5.56 Å². The predicted octanol–water partition coefficient (Wildman–Crippen LogP) is 5.01. The summed E-state index contributed by atoms with van der Waals surface area (Å²) in [4.78, 5) is 24.2. The molecule has 0 saturated heterocycles. The van der Waals surface area contributed by atoms with Crippen molar-refractivity contribution < 1.29 is 19.4 Å². The van der Waals surface area contributed by atoms with E-state index >= 15 is 0 Å². The normalized spacial score (nSPS) is 13.5. The molecule has 4 nitrogen and oxygen atoms in total. The van der Waals surface area contributed by atoms with Crippen LogP contribution in [0.5, 0.6) is 0 Å². The average Bonchev–Trinajstić information content (AvgIpc) is 2.61. The Kier molecular flexibility index (Phi) is 6.56. The van der Waals surface area contributed by atoms with Crippen LogP contribution in [-0.2, 0) is 4.74 Å². The van der Waals surface area contributed by atoms with Crippen molar-refractivity contribution >= 4 is 11.9 Å². The molecule has 138 valence electrons. The molecule has 0 bridgehead atoms. The zero-order valence-electron chi connectivity index (χ0n) is 15.7. The van der Waals surface area contributed by atoms with Gasteiger partial charge in [-0.05, 0) is 29.5 Å². The molecule has 1 N–H and O–H groups in total. The molecule has 0 aliphatic heterocycles. The number of benzene rings is 2. The highest BCUT2D eigenvalue weighted by molar-refractivity contribution is 6.02. The number of ether oxygens (including phenoxy) is 1. The van der Waals surface area contributed by atoms with E-state index in [0.29, 0.717) is 0 Å². The van der Waals surface area contributed by atoms with E-state index in [-0.39, 0.29) is 35.0 Å². The van der Waals surface area contributed by atoms with Crippen molar-refractivity contribution in [1.29, 1.82) is 0 Å². The molecule has 0 saturated carbocycles. The van der Waals surface area contributed by atoms with Gasteiger partial charge in [-0.15, -0.1) is 0 Å². The molecule has 0 amide bonds. The third-order valence-corrected chi connectivity index (χ3v) is 4.53. The van der Waals surface area contributed by atoms with Gasteiger partial charge in [-0.25, -0.2) is 9.59 Å². The number of hydrogen-bond donors (Lipinski definition) is 1. The summed E-state index contributed by atoms with van der Waals surface area (Å²) >= 11 is 0. The van der Waals surface area contributed by atoms with E-state index in [4.69, 9.17) is 4.74 Å². The fourth-order valence-corrected chi connectivity index (χ4v) is 3.29. The van der Waals surface area contributed by atoms with Crippen molar-refractivity contribution in [2.45, 2.75) is 39.7 Å². The monoisotopic (exact) mass is 354 g/mol. The number of rotatable bonds is 7. The summed E-state index contributed by atoms with van der Waals surface area (Å²) in [6, 6.07) is 16.1. The van der Waals surface area contributed by atoms with E-state index in [1.54, 1.807) is 12.1 Å². The Morgan fingerprint density at radius 3 is 1.85 bits per heavy atom. The van der Waals surface area contributed by atoms with Gasteiger partial charge in [0.25, 0.3) is 0 Å². The molecule has 0 aromatic heterocycles. The molecule has 0 spiro atoms. The molecular weight excluding hydrogens is 328 g/mol. The average molecular weight is 354 g/mol. The Labute approximate surface area is 154 Å². The highest BCUT2D eigenvalue weighted by Gasteiger charge is 2.32. The maximum Gasteiger partial charge on any atom is 0.339 e. The third kappa shape index (κ3) is 4.51. The first kappa shape index (κ1) is 19.7. The fourth-order valence-electron chi connectivity index (χ4n) is 3.29. The van der Waals surface area contributed by atoms with Crippen molar-refractivity contribution in [3.63, 3.8) is 0 Å². The number of carboxylic acids is 1. The van der Waals surface area contributed by atoms with Crippen LogP contribution in [0.1, 0.15) is 59.9 Å². The van der Waals surface area contributed by atoms with Gasteiger partial charge >= 0.3 is 11.9 Å². The van der Waals surface area contributed by atoms with Gasteiger partial charge in [-0.3, -0.25) is 0 Å². The van der Waals surface area contributed by atoms with Gasteiger partial charge in [0.1, 0.15) is 6.10 Å². The first-order chi connectivity index (χ1) is 12.3. The lowest BCUT2D eigenvalue weighted by atomic mass is 9.79. The molecule has 0 aliphatic carbocycles. The molecule has 26 heavy (non-hydrogen) atoms. The van der Waals surface area contributed by atoms with Crippen molar-refractivity contribution in [2.75, 3.05) is 0 Å². The lowest BCUT2D eigenvalue weighted by molar-refractivity contribution is 0.00358. The number of carbonyl (C=O) groups excluding carboxylic acids is 1. The molecule has 2 aromatic rings. The maximum atomic E-state index is 12.8. The third-order valence-electron chi connectivity index (χ3n) is 4.53. The van der Waals surface area contributed by atoms with Crippen LogP contribution in [0.25, 0.3) is 0 Å². The lowest BCUT2D eigenvalue weighted by Crippen LogP contribution is -2.33. The molecule has 2 aromatic carbocycles. The van der Waals surface area contributed by atoms with Crippen LogP contribution in [0.2, 0.25) is 0 Å². The van der Waals surface area contributed by atoms with E-state index < -0.39 is 11.9 Å². The van der Waals surface area contributed by atoms with Crippen molar-refractivity contribution in [2.24, 2.45) is 11.8 Å². The second kappa shape index (κ2) is 8.65. The molecule has 0 unspecified atom stereocenters. The van der Waals surface area contributed by atoms with Gasteiger partial charge < -0.3 is 9.84 Å². The summed E-state index contributed by atoms with van der Waals surface area (Å²) in [7, 11) is 0. The molecule has 2 atom stereocenters. The van der Waals surface area contributed by atoms with E-state index in [2.05, 4.69) is 13.8 Å². The number of carbonyl (C=O) groups is 2. The van der Waals surface area contributed by atoms with Crippen LogP contribution in [0.4, 0.5) is 0 Å². The van der Waals surface area contributed by atoms with Crippen LogP contribution >= 0.6 is 0 Å². The minimum atomic E-state index is -1.14. The highest BCUT2D eigenvalue weighted by Crippen LogP contribution is 2.34. The number of aromatic carboxylic acids is 1. The van der Waals surface area contributed by atoms with Gasteiger partial charge in [-0.2, -0.15) is 0 Å². The van der Waals surface area contributed by atoms with Gasteiger partial charge in [-0.1, -0.05) is 70.2 Å². The summed E-state index contributed by atoms with van der Waals surface area (Å²) in [5, 5.41) is 9.33. The van der Waals surface area contributed by atoms with Gasteiger partial charge in [0, 0.05) is 5.92 Å². The summed E-state index contributed by atoms with van der Waals surface area (Å²) in [5.74, 6) is -1.36. The Morgan fingerprint density at radius 1 is 0.808 bits per heavy atom. The molecule has 0 aliphatic rings. The highest BCUT2D eigenvalue weighted by atomic mass is 16.5. The molecule has 2 rings (SSSR count). The Morgan fingerprint density at radius 2 is 1.35 bits per heavy atom. The minimum absolute atomic E-state index is 0.0251. The summed E-state index contributed by atoms with van der Waals surface area (Å²) in [6.45, 7) is 8.23. The van der Waals surface area contributed by atoms with Crippen LogP contribution in [0, 0.1) is 11.8 Å². The second-order valence-electron chi connectivity index (χ2n) is 7.15. The SMILES string of the molecule is CC(C)[C@@H](c1ccccc1)[C@@H](OC(=O)c1ccccc1C(=O)O)C(C)C. The van der Waals surface area contributed by atoms with E-state index in [9.17, 15) is 14.7 Å². The Bertz CT molecular complexity index is 750. The van der Waals surface area contributed by atoms with Crippen LogP contribution in [-0.4, -0.2) is 23.1 Å². The van der Waals surface area contributed by atoms with Gasteiger partial charge in [0.15, 0.2) is 0 Å². The molecule has 4 heteroatoms. The minimum Gasteiger partial charge on any atom is -0.478 e. The summed E-state index contributed by atoms with van der Waals surface area (Å²) in [5.41, 5.74) is 1.16. The molecule has 0 heterocycles. The summed E-state index contributed by atoms with van der Waals surface area (Å²) < 4.78 is 5.86. The van der Waals surface area contributed by atoms with E-state index in [1.165, 1.54) is 12.1 Å². The number of hydrogen-bond acceptors (Lipinski definition) is 3. The first-order valence-electron chi connectivity index (χ1n) is 8.91. The Balaban J connectivity index is 2.36. The predicted molar refractivity (Wildman–Crippen MR) is 101 cm³/mol. The smallest absolute Gasteiger partial charge is 0.339 e. The van der Waals surface area contributed by atoms with Gasteiger partial charge in [0.05, 0.1) is 11.1 Å². The second-order valence-corrected chi connectivity index (χ2v) is 7.15. The molecule has 0 fully saturated rings. The largest absolute Gasteiger partial charge is 0.478 e. The topological polar surface area (TPSA) is 63.6 Å². The lowest BCUT2D eigenvalue weighted by Gasteiger charge is -2.33. The zero-order valence-corrected chi connectivity index (χ0v) is 15.7. The standard InChI is InChI=1S/C22H26O4/c1-14(2)19(16-10-6-5-7-11-16)20(15(3)4)26-22(25)18-13-9-8-12-17(18)21(23)24/h5-15,19-20H,1-4H3,(H,23,24)/t19-,20-/m0/s1. The first-order valence-corrected chi connectivity index (χ1v) is 8.91. The molecule has 0 radical (unpaired) electrons. The van der Waals surface area contributed by atoms with Crippen LogP contribution in [0.3, 0.4) is 0 Å². The van der Waals surface area contributed by atoms with Crippen LogP contribution < -0.4 is 0 Å². The quantitative estimate of drug-likeness (QED) is 0.710.